The van der Waals surface area contributed by atoms with Crippen LogP contribution >= 0.6 is 27.7 Å². The number of fused-ring (bicyclic) bond motifs is 1. The number of ether oxygens (including phenoxy) is 1. The molecule has 1 atom stereocenters. The number of thioether (sulfide) groups is 1. The summed E-state index contributed by atoms with van der Waals surface area (Å²) in [6.45, 7) is 4.13. The maximum absolute atomic E-state index is 10.1. The first-order valence-corrected chi connectivity index (χ1v) is 9.19. The molecule has 126 valence electrons. The van der Waals surface area contributed by atoms with E-state index in [9.17, 15) is 5.11 Å². The molecule has 0 unspecified atom stereocenters. The van der Waals surface area contributed by atoms with Crippen LogP contribution in [0.3, 0.4) is 0 Å². The lowest BCUT2D eigenvalue weighted by molar-refractivity contribution is 0.126. The van der Waals surface area contributed by atoms with E-state index < -0.39 is 6.10 Å². The number of hydrogen-bond donors (Lipinski definition) is 1. The van der Waals surface area contributed by atoms with Crippen molar-refractivity contribution < 1.29 is 9.84 Å². The maximum atomic E-state index is 10.1. The minimum Gasteiger partial charge on any atom is -0.491 e. The molecular weight excluding hydrogens is 392 g/mol. The molecule has 2 aromatic heterocycles. The summed E-state index contributed by atoms with van der Waals surface area (Å²) in [5.41, 5.74) is 1.93. The second-order valence-corrected chi connectivity index (χ2v) is 7.29. The molecule has 0 amide bonds. The molecule has 0 aliphatic rings. The van der Waals surface area contributed by atoms with Crippen LogP contribution < -0.4 is 4.74 Å². The average Bonchev–Trinajstić information content (AvgIpc) is 2.94. The van der Waals surface area contributed by atoms with Gasteiger partial charge in [-0.2, -0.15) is 0 Å². The highest BCUT2D eigenvalue weighted by Gasteiger charge is 2.13. The Labute approximate surface area is 152 Å². The van der Waals surface area contributed by atoms with E-state index in [-0.39, 0.29) is 6.61 Å². The molecule has 1 aromatic carbocycles. The van der Waals surface area contributed by atoms with Crippen molar-refractivity contribution in [2.75, 3.05) is 12.4 Å². The topological polar surface area (TPSA) is 72.5 Å². The fourth-order valence-corrected chi connectivity index (χ4v) is 3.53. The van der Waals surface area contributed by atoms with Crippen molar-refractivity contribution in [3.63, 3.8) is 0 Å². The summed E-state index contributed by atoms with van der Waals surface area (Å²) in [6.07, 6.45) is -0.611. The summed E-state index contributed by atoms with van der Waals surface area (Å²) in [6, 6.07) is 9.51. The molecule has 0 bridgehead atoms. The zero-order valence-electron chi connectivity index (χ0n) is 13.3. The number of halogens is 1. The third kappa shape index (κ3) is 4.06. The number of rotatable bonds is 6. The summed E-state index contributed by atoms with van der Waals surface area (Å²) in [5.74, 6) is 1.76. The Bertz CT molecular complexity index is 855. The summed E-state index contributed by atoms with van der Waals surface area (Å²) < 4.78 is 8.43. The van der Waals surface area contributed by atoms with Gasteiger partial charge in [0.25, 0.3) is 5.78 Å². The Hall–Kier alpha value is -1.64. The fraction of sp³-hybridized carbons (Fsp3) is 0.312. The van der Waals surface area contributed by atoms with Gasteiger partial charge in [-0.3, -0.25) is 4.40 Å². The molecule has 8 heteroatoms. The molecule has 0 saturated carbocycles. The Morgan fingerprint density at radius 1 is 1.29 bits per heavy atom. The van der Waals surface area contributed by atoms with E-state index in [2.05, 4.69) is 31.1 Å². The molecule has 24 heavy (non-hydrogen) atoms. The standard InChI is InChI=1S/C16H17BrN4O2S/c1-10-6-11(2)21-15(18-10)19-20-16(21)24-9-13(22)8-23-14-5-3-4-12(17)7-14/h3-7,13,22H,8-9H2,1-2H3/t13-/m0/s1. The predicted octanol–water partition coefficient (Wildman–Crippen LogP) is 3.04. The molecular formula is C16H17BrN4O2S. The predicted molar refractivity (Wildman–Crippen MR) is 96.6 cm³/mol. The number of aliphatic hydroxyl groups excluding tert-OH is 1. The van der Waals surface area contributed by atoms with Crippen LogP contribution in [-0.4, -0.2) is 43.2 Å². The first-order chi connectivity index (χ1) is 11.5. The van der Waals surface area contributed by atoms with Gasteiger partial charge >= 0.3 is 0 Å². The SMILES string of the molecule is Cc1cc(C)n2c(SC[C@@H](O)COc3cccc(Br)c3)nnc2n1. The Balaban J connectivity index is 1.59. The van der Waals surface area contributed by atoms with Crippen molar-refractivity contribution in [2.45, 2.75) is 25.1 Å². The Morgan fingerprint density at radius 3 is 2.92 bits per heavy atom. The Kier molecular flexibility index (Phi) is 5.37. The van der Waals surface area contributed by atoms with Crippen LogP contribution in [0.5, 0.6) is 5.75 Å². The highest BCUT2D eigenvalue weighted by atomic mass is 79.9. The molecule has 0 spiro atoms. The van der Waals surface area contributed by atoms with Gasteiger partial charge in [-0.25, -0.2) is 4.98 Å². The first-order valence-electron chi connectivity index (χ1n) is 7.41. The largest absolute Gasteiger partial charge is 0.491 e. The molecule has 3 rings (SSSR count). The number of benzene rings is 1. The summed E-state index contributed by atoms with van der Waals surface area (Å²) in [5, 5.41) is 19.1. The molecule has 3 aromatic rings. The minimum absolute atomic E-state index is 0.219. The van der Waals surface area contributed by atoms with Crippen molar-refractivity contribution in [1.82, 2.24) is 19.6 Å². The van der Waals surface area contributed by atoms with Crippen LogP contribution in [0.1, 0.15) is 11.4 Å². The molecule has 0 aliphatic heterocycles. The molecule has 0 aliphatic carbocycles. The zero-order valence-corrected chi connectivity index (χ0v) is 15.7. The monoisotopic (exact) mass is 408 g/mol. The Morgan fingerprint density at radius 2 is 2.12 bits per heavy atom. The van der Waals surface area contributed by atoms with Gasteiger partial charge in [0.1, 0.15) is 12.4 Å². The lowest BCUT2D eigenvalue weighted by Gasteiger charge is -2.12. The summed E-state index contributed by atoms with van der Waals surface area (Å²) in [7, 11) is 0. The normalized spacial score (nSPS) is 12.5. The highest BCUT2D eigenvalue weighted by Crippen LogP contribution is 2.21. The lowest BCUT2D eigenvalue weighted by atomic mass is 10.3. The highest BCUT2D eigenvalue weighted by molar-refractivity contribution is 9.10. The van der Waals surface area contributed by atoms with Crippen LogP contribution in [-0.2, 0) is 0 Å². The van der Waals surface area contributed by atoms with Gasteiger partial charge in [-0.1, -0.05) is 33.8 Å². The second-order valence-electron chi connectivity index (χ2n) is 5.39. The van der Waals surface area contributed by atoms with Crippen molar-refractivity contribution in [1.29, 1.82) is 0 Å². The van der Waals surface area contributed by atoms with E-state index in [1.165, 1.54) is 11.8 Å². The minimum atomic E-state index is -0.611. The average molecular weight is 409 g/mol. The van der Waals surface area contributed by atoms with Crippen LogP contribution in [0.4, 0.5) is 0 Å². The van der Waals surface area contributed by atoms with E-state index in [1.807, 2.05) is 48.6 Å². The van der Waals surface area contributed by atoms with Crippen molar-refractivity contribution in [2.24, 2.45) is 0 Å². The number of aromatic nitrogens is 4. The zero-order chi connectivity index (χ0) is 17.1. The molecule has 6 nitrogen and oxygen atoms in total. The van der Waals surface area contributed by atoms with E-state index in [4.69, 9.17) is 4.74 Å². The quantitative estimate of drug-likeness (QED) is 0.631. The molecule has 1 N–H and O–H groups in total. The number of hydrogen-bond acceptors (Lipinski definition) is 6. The molecule has 2 heterocycles. The molecule has 0 fully saturated rings. The van der Waals surface area contributed by atoms with Crippen LogP contribution in [0.2, 0.25) is 0 Å². The number of aliphatic hydroxyl groups is 1. The fourth-order valence-electron chi connectivity index (χ4n) is 2.26. The number of nitrogens with zero attached hydrogens (tertiary/aromatic N) is 4. The number of aryl methyl sites for hydroxylation is 2. The van der Waals surface area contributed by atoms with Gasteiger partial charge < -0.3 is 9.84 Å². The van der Waals surface area contributed by atoms with Crippen molar-refractivity contribution in [3.8, 4) is 5.75 Å². The van der Waals surface area contributed by atoms with Gasteiger partial charge in [0.2, 0.25) is 0 Å². The third-order valence-corrected chi connectivity index (χ3v) is 4.87. The smallest absolute Gasteiger partial charge is 0.256 e. The first kappa shape index (κ1) is 17.2. The summed E-state index contributed by atoms with van der Waals surface area (Å²) in [4.78, 5) is 4.35. The van der Waals surface area contributed by atoms with E-state index >= 15 is 0 Å². The van der Waals surface area contributed by atoms with Gasteiger partial charge in [0, 0.05) is 21.6 Å². The second kappa shape index (κ2) is 7.50. The van der Waals surface area contributed by atoms with Crippen molar-refractivity contribution >= 4 is 33.5 Å². The van der Waals surface area contributed by atoms with Gasteiger partial charge in [0.15, 0.2) is 5.16 Å². The van der Waals surface area contributed by atoms with E-state index in [0.29, 0.717) is 11.5 Å². The van der Waals surface area contributed by atoms with Crippen LogP contribution in [0.15, 0.2) is 40.0 Å². The van der Waals surface area contributed by atoms with E-state index in [1.54, 1.807) is 0 Å². The maximum Gasteiger partial charge on any atom is 0.256 e. The van der Waals surface area contributed by atoms with Crippen LogP contribution in [0, 0.1) is 13.8 Å². The van der Waals surface area contributed by atoms with Gasteiger partial charge in [-0.05, 0) is 38.1 Å². The molecule has 0 saturated heterocycles. The van der Waals surface area contributed by atoms with Gasteiger partial charge in [-0.15, -0.1) is 10.2 Å². The van der Waals surface area contributed by atoms with Crippen LogP contribution in [0.25, 0.3) is 5.78 Å². The third-order valence-electron chi connectivity index (χ3n) is 3.31. The van der Waals surface area contributed by atoms with Crippen molar-refractivity contribution in [3.05, 3.63) is 46.2 Å². The summed E-state index contributed by atoms with van der Waals surface area (Å²) >= 11 is 4.82. The lowest BCUT2D eigenvalue weighted by Crippen LogP contribution is -2.20. The molecule has 0 radical (unpaired) electrons. The van der Waals surface area contributed by atoms with Gasteiger partial charge in [0.05, 0.1) is 6.10 Å². The van der Waals surface area contributed by atoms with E-state index in [0.717, 1.165) is 26.8 Å².